The molecule has 0 saturated heterocycles. The Bertz CT molecular complexity index is 1320. The first-order valence-corrected chi connectivity index (χ1v) is 12.5. The number of thiazole rings is 1. The van der Waals surface area contributed by atoms with Crippen LogP contribution in [0.4, 0.5) is 11.4 Å². The number of fused-ring (bicyclic) bond motifs is 1. The van der Waals surface area contributed by atoms with Crippen LogP contribution in [0.3, 0.4) is 0 Å². The van der Waals surface area contributed by atoms with Crippen LogP contribution in [-0.2, 0) is 16.0 Å². The molecule has 6 nitrogen and oxygen atoms in total. The van der Waals surface area contributed by atoms with Gasteiger partial charge in [-0.25, -0.2) is 4.98 Å². The predicted molar refractivity (Wildman–Crippen MR) is 139 cm³/mol. The van der Waals surface area contributed by atoms with E-state index in [2.05, 4.69) is 15.6 Å². The smallest absolute Gasteiger partial charge is 0.234 e. The molecule has 0 aliphatic carbocycles. The normalized spacial score (nSPS) is 10.7. The fraction of sp³-hybridized carbons (Fsp3) is 0.154. The predicted octanol–water partition coefficient (Wildman–Crippen LogP) is 5.80. The van der Waals surface area contributed by atoms with Gasteiger partial charge in [-0.15, -0.1) is 11.3 Å². The van der Waals surface area contributed by atoms with E-state index in [-0.39, 0.29) is 23.4 Å². The Morgan fingerprint density at radius 2 is 1.59 bits per heavy atom. The summed E-state index contributed by atoms with van der Waals surface area (Å²) in [6, 6.07) is 22.4. The fourth-order valence-corrected chi connectivity index (χ4v) is 5.19. The lowest BCUT2D eigenvalue weighted by Crippen LogP contribution is -2.13. The summed E-state index contributed by atoms with van der Waals surface area (Å²) in [6.07, 6.45) is 1.11. The van der Waals surface area contributed by atoms with Crippen LogP contribution < -0.4 is 10.6 Å². The minimum absolute atomic E-state index is 0.0147. The molecule has 0 atom stereocenters. The van der Waals surface area contributed by atoms with Gasteiger partial charge < -0.3 is 10.6 Å². The van der Waals surface area contributed by atoms with E-state index < -0.39 is 0 Å². The Morgan fingerprint density at radius 1 is 0.882 bits per heavy atom. The molecule has 34 heavy (non-hydrogen) atoms. The van der Waals surface area contributed by atoms with Gasteiger partial charge in [0.05, 0.1) is 16.0 Å². The highest BCUT2D eigenvalue weighted by Gasteiger charge is 2.10. The van der Waals surface area contributed by atoms with Crippen molar-refractivity contribution in [3.63, 3.8) is 0 Å². The van der Waals surface area contributed by atoms with E-state index in [1.165, 1.54) is 30.0 Å². The van der Waals surface area contributed by atoms with Crippen LogP contribution >= 0.6 is 23.1 Å². The van der Waals surface area contributed by atoms with Crippen molar-refractivity contribution >= 4 is 62.3 Å². The second-order valence-electron chi connectivity index (χ2n) is 7.67. The van der Waals surface area contributed by atoms with Crippen LogP contribution in [-0.4, -0.2) is 28.3 Å². The molecular weight excluding hydrogens is 466 g/mol. The molecule has 0 fully saturated rings. The molecule has 0 bridgehead atoms. The van der Waals surface area contributed by atoms with Gasteiger partial charge in [-0.2, -0.15) is 0 Å². The number of ketones is 1. The molecule has 0 radical (unpaired) electrons. The third kappa shape index (κ3) is 6.52. The zero-order valence-electron chi connectivity index (χ0n) is 18.5. The molecule has 0 unspecified atom stereocenters. The molecule has 1 aromatic heterocycles. The number of anilines is 2. The third-order valence-corrected chi connectivity index (χ3v) is 7.20. The number of aryl methyl sites for hydroxylation is 1. The van der Waals surface area contributed by atoms with E-state index in [4.69, 9.17) is 0 Å². The molecule has 8 heteroatoms. The maximum atomic E-state index is 12.3. The fourth-order valence-electron chi connectivity index (χ4n) is 3.28. The summed E-state index contributed by atoms with van der Waals surface area (Å²) in [4.78, 5) is 40.5. The number of amides is 2. The molecule has 2 N–H and O–H groups in total. The first-order valence-electron chi connectivity index (χ1n) is 10.7. The largest absolute Gasteiger partial charge is 0.326 e. The van der Waals surface area contributed by atoms with Crippen molar-refractivity contribution in [2.75, 3.05) is 16.4 Å². The lowest BCUT2D eigenvalue weighted by atomic mass is 10.1. The van der Waals surface area contributed by atoms with Crippen molar-refractivity contribution in [2.24, 2.45) is 0 Å². The van der Waals surface area contributed by atoms with Crippen molar-refractivity contribution in [3.05, 3.63) is 83.9 Å². The summed E-state index contributed by atoms with van der Waals surface area (Å²) in [5.41, 5.74) is 3.95. The van der Waals surface area contributed by atoms with Gasteiger partial charge in [-0.3, -0.25) is 14.4 Å². The van der Waals surface area contributed by atoms with Crippen LogP contribution in [0.1, 0.15) is 29.3 Å². The van der Waals surface area contributed by atoms with Gasteiger partial charge >= 0.3 is 0 Å². The van der Waals surface area contributed by atoms with Crippen molar-refractivity contribution in [1.29, 1.82) is 0 Å². The Hall–Kier alpha value is -3.49. The Kier molecular flexibility index (Phi) is 7.72. The van der Waals surface area contributed by atoms with Gasteiger partial charge in [-0.1, -0.05) is 42.1 Å². The number of benzene rings is 3. The molecule has 2 amide bonds. The van der Waals surface area contributed by atoms with Gasteiger partial charge in [0.2, 0.25) is 11.8 Å². The number of nitrogens with zero attached hydrogens (tertiary/aromatic N) is 1. The van der Waals surface area contributed by atoms with Crippen LogP contribution in [0, 0.1) is 0 Å². The van der Waals surface area contributed by atoms with Crippen molar-refractivity contribution < 1.29 is 14.4 Å². The molecule has 0 aliphatic heterocycles. The molecule has 172 valence electrons. The number of carbonyl (C=O) groups excluding carboxylic acids is 3. The second-order valence-corrected chi connectivity index (χ2v) is 9.92. The third-order valence-electron chi connectivity index (χ3n) is 5.04. The summed E-state index contributed by atoms with van der Waals surface area (Å²) >= 11 is 2.85. The van der Waals surface area contributed by atoms with Crippen LogP contribution in [0.15, 0.2) is 77.1 Å². The SMILES string of the molecule is CC(=O)c1ccc(NC(=O)CSc2nc3ccc(NC(=O)CCc4ccccc4)cc3s2)cc1. The van der Waals surface area contributed by atoms with Gasteiger partial charge in [0.1, 0.15) is 0 Å². The van der Waals surface area contributed by atoms with E-state index in [1.807, 2.05) is 48.5 Å². The molecular formula is C26H23N3O3S2. The number of carbonyl (C=O) groups is 3. The molecule has 0 spiro atoms. The molecule has 4 aromatic rings. The molecule has 3 aromatic carbocycles. The maximum Gasteiger partial charge on any atom is 0.234 e. The number of hydrogen-bond donors (Lipinski definition) is 2. The average molecular weight is 490 g/mol. The van der Waals surface area contributed by atoms with Gasteiger partial charge in [0, 0.05) is 23.4 Å². The summed E-state index contributed by atoms with van der Waals surface area (Å²) in [6.45, 7) is 1.51. The number of thioether (sulfide) groups is 1. The highest BCUT2D eigenvalue weighted by atomic mass is 32.2. The second kappa shape index (κ2) is 11.1. The minimum atomic E-state index is -0.147. The maximum absolute atomic E-state index is 12.3. The van der Waals surface area contributed by atoms with Gasteiger partial charge in [-0.05, 0) is 61.4 Å². The van der Waals surface area contributed by atoms with E-state index in [0.717, 1.165) is 25.8 Å². The van der Waals surface area contributed by atoms with Gasteiger partial charge in [0.25, 0.3) is 0 Å². The molecule has 0 saturated carbocycles. The zero-order chi connectivity index (χ0) is 23.9. The number of Topliss-reactive ketones (excluding diaryl/α,β-unsaturated/α-hetero) is 1. The molecule has 0 aliphatic rings. The van der Waals surface area contributed by atoms with E-state index >= 15 is 0 Å². The molecule has 4 rings (SSSR count). The highest BCUT2D eigenvalue weighted by Crippen LogP contribution is 2.31. The van der Waals surface area contributed by atoms with Crippen LogP contribution in [0.5, 0.6) is 0 Å². The highest BCUT2D eigenvalue weighted by molar-refractivity contribution is 8.01. The number of aromatic nitrogens is 1. The number of rotatable bonds is 9. The minimum Gasteiger partial charge on any atom is -0.326 e. The molecule has 1 heterocycles. The Labute approximate surface area is 205 Å². The first kappa shape index (κ1) is 23.7. The Balaban J connectivity index is 1.29. The van der Waals surface area contributed by atoms with E-state index in [9.17, 15) is 14.4 Å². The topological polar surface area (TPSA) is 88.2 Å². The van der Waals surface area contributed by atoms with Gasteiger partial charge in [0.15, 0.2) is 10.1 Å². The lowest BCUT2D eigenvalue weighted by molar-refractivity contribution is -0.116. The van der Waals surface area contributed by atoms with Crippen LogP contribution in [0.25, 0.3) is 10.2 Å². The summed E-state index contributed by atoms with van der Waals surface area (Å²) in [5.74, 6) is 0.0258. The van der Waals surface area contributed by atoms with Crippen LogP contribution in [0.2, 0.25) is 0 Å². The number of nitrogens with one attached hydrogen (secondary N) is 2. The monoisotopic (exact) mass is 489 g/mol. The Morgan fingerprint density at radius 3 is 2.32 bits per heavy atom. The standard InChI is InChI=1S/C26H23N3O3S2/c1-17(30)19-8-10-20(11-9-19)27-25(32)16-33-26-29-22-13-12-21(15-23(22)34-26)28-24(31)14-7-18-5-3-2-4-6-18/h2-6,8-13,15H,7,14,16H2,1H3,(H,27,32)(H,28,31). The van der Waals surface area contributed by atoms with E-state index in [0.29, 0.717) is 24.1 Å². The lowest BCUT2D eigenvalue weighted by Gasteiger charge is -2.05. The quantitative estimate of drug-likeness (QED) is 0.229. The summed E-state index contributed by atoms with van der Waals surface area (Å²) in [7, 11) is 0. The van der Waals surface area contributed by atoms with Crippen molar-refractivity contribution in [3.8, 4) is 0 Å². The van der Waals surface area contributed by atoms with Crippen molar-refractivity contribution in [1.82, 2.24) is 4.98 Å². The zero-order valence-corrected chi connectivity index (χ0v) is 20.2. The number of hydrogen-bond acceptors (Lipinski definition) is 6. The summed E-state index contributed by atoms with van der Waals surface area (Å²) in [5, 5.41) is 5.77. The van der Waals surface area contributed by atoms with Crippen molar-refractivity contribution in [2.45, 2.75) is 24.1 Å². The van der Waals surface area contributed by atoms with E-state index in [1.54, 1.807) is 24.3 Å². The average Bonchev–Trinajstić information content (AvgIpc) is 3.25. The summed E-state index contributed by atoms with van der Waals surface area (Å²) < 4.78 is 1.73. The first-order chi connectivity index (χ1) is 16.5.